The summed E-state index contributed by atoms with van der Waals surface area (Å²) in [5.41, 5.74) is 2.11. The molecule has 1 aliphatic heterocycles. The molecule has 0 radical (unpaired) electrons. The maximum absolute atomic E-state index is 5.14. The van der Waals surface area contributed by atoms with Crippen LogP contribution in [0.5, 0.6) is 0 Å². The maximum atomic E-state index is 5.14. The molecule has 168 valence electrons. The summed E-state index contributed by atoms with van der Waals surface area (Å²) in [6, 6.07) is 8.40. The van der Waals surface area contributed by atoms with Gasteiger partial charge in [-0.1, -0.05) is 12.1 Å². The van der Waals surface area contributed by atoms with Gasteiger partial charge in [-0.3, -0.25) is 4.99 Å². The van der Waals surface area contributed by atoms with Crippen LogP contribution in [0.4, 0.5) is 0 Å². The Morgan fingerprint density at radius 2 is 2.19 bits per heavy atom. The molecular weight excluding hydrogens is 507 g/mol. The highest BCUT2D eigenvalue weighted by atomic mass is 127. The molecule has 1 aromatic carbocycles. The first-order chi connectivity index (χ1) is 14.7. The number of nitrogens with one attached hydrogen (secondary N) is 3. The molecule has 31 heavy (non-hydrogen) atoms. The van der Waals surface area contributed by atoms with Gasteiger partial charge in [-0.05, 0) is 31.9 Å². The predicted octanol–water partition coefficient (Wildman–Crippen LogP) is 2.42. The molecule has 9 nitrogen and oxygen atoms in total. The molecule has 0 bridgehead atoms. The fraction of sp³-hybridized carbons (Fsp3) is 0.524. The van der Waals surface area contributed by atoms with E-state index in [1.807, 2.05) is 22.9 Å². The maximum Gasteiger partial charge on any atom is 0.191 e. The Bertz CT molecular complexity index is 965. The lowest BCUT2D eigenvalue weighted by Gasteiger charge is -2.25. The number of nitrogens with zero attached hydrogens (tertiary/aromatic N) is 5. The van der Waals surface area contributed by atoms with Gasteiger partial charge in [-0.25, -0.2) is 14.6 Å². The number of aromatic amines is 1. The van der Waals surface area contributed by atoms with E-state index in [0.717, 1.165) is 79.8 Å². The number of H-pyrrole nitrogens is 1. The number of fused-ring (bicyclic) bond motifs is 2. The van der Waals surface area contributed by atoms with Crippen molar-refractivity contribution in [1.29, 1.82) is 0 Å². The van der Waals surface area contributed by atoms with E-state index in [0.29, 0.717) is 6.61 Å². The normalized spacial score (nSPS) is 16.1. The van der Waals surface area contributed by atoms with Crippen LogP contribution < -0.4 is 10.6 Å². The van der Waals surface area contributed by atoms with Gasteiger partial charge in [-0.15, -0.1) is 24.0 Å². The highest BCUT2D eigenvalue weighted by molar-refractivity contribution is 14.0. The second-order valence-electron chi connectivity index (χ2n) is 7.50. The number of aryl methyl sites for hydroxylation is 2. The fourth-order valence-corrected chi connectivity index (χ4v) is 3.74. The van der Waals surface area contributed by atoms with Crippen molar-refractivity contribution in [1.82, 2.24) is 35.4 Å². The summed E-state index contributed by atoms with van der Waals surface area (Å²) in [7, 11) is 1.66. The number of methoxy groups -OCH3 is 1. The number of imidazole rings is 1. The SMILES string of the molecule is CCNC(=NCCCc1nc2ccccc2[nH]1)NC1CCc2nc(COC)nn2C1.I. The van der Waals surface area contributed by atoms with Crippen molar-refractivity contribution in [2.75, 3.05) is 20.2 Å². The number of hydrogen-bond donors (Lipinski definition) is 3. The van der Waals surface area contributed by atoms with Crippen LogP contribution in [0, 0.1) is 0 Å². The molecule has 3 heterocycles. The van der Waals surface area contributed by atoms with Crippen LogP contribution in [-0.4, -0.2) is 56.9 Å². The Morgan fingerprint density at radius 1 is 1.32 bits per heavy atom. The third kappa shape index (κ3) is 6.16. The number of benzene rings is 1. The molecule has 1 aliphatic rings. The third-order valence-electron chi connectivity index (χ3n) is 5.14. The van der Waals surface area contributed by atoms with E-state index in [-0.39, 0.29) is 30.0 Å². The summed E-state index contributed by atoms with van der Waals surface area (Å²) >= 11 is 0. The lowest BCUT2D eigenvalue weighted by atomic mass is 10.1. The smallest absolute Gasteiger partial charge is 0.191 e. The quantitative estimate of drug-likeness (QED) is 0.176. The number of ether oxygens (including phenoxy) is 1. The van der Waals surface area contributed by atoms with Crippen LogP contribution in [0.2, 0.25) is 0 Å². The molecule has 0 fully saturated rings. The molecule has 0 spiro atoms. The van der Waals surface area contributed by atoms with Crippen molar-refractivity contribution in [2.45, 2.75) is 51.8 Å². The number of guanidine groups is 1. The van der Waals surface area contributed by atoms with Gasteiger partial charge in [0.2, 0.25) is 0 Å². The average Bonchev–Trinajstić information content (AvgIpc) is 3.34. The Morgan fingerprint density at radius 3 is 3.00 bits per heavy atom. The topological polar surface area (TPSA) is 105 Å². The van der Waals surface area contributed by atoms with Gasteiger partial charge in [-0.2, -0.15) is 5.10 Å². The number of rotatable bonds is 8. The van der Waals surface area contributed by atoms with Crippen LogP contribution in [0.25, 0.3) is 11.0 Å². The molecular formula is C21H31IN8O. The van der Waals surface area contributed by atoms with Crippen molar-refractivity contribution in [3.8, 4) is 0 Å². The van der Waals surface area contributed by atoms with Crippen molar-refractivity contribution >= 4 is 41.0 Å². The van der Waals surface area contributed by atoms with E-state index in [2.05, 4.69) is 43.7 Å². The molecule has 3 aromatic rings. The van der Waals surface area contributed by atoms with Gasteiger partial charge in [0.15, 0.2) is 11.8 Å². The first-order valence-electron chi connectivity index (χ1n) is 10.6. The summed E-state index contributed by atoms with van der Waals surface area (Å²) in [6.45, 7) is 4.89. The molecule has 4 rings (SSSR count). The van der Waals surface area contributed by atoms with Crippen LogP contribution >= 0.6 is 24.0 Å². The Balaban J connectivity index is 0.00000272. The summed E-state index contributed by atoms with van der Waals surface area (Å²) < 4.78 is 7.13. The molecule has 0 saturated heterocycles. The van der Waals surface area contributed by atoms with Gasteiger partial charge < -0.3 is 20.4 Å². The highest BCUT2D eigenvalue weighted by Crippen LogP contribution is 2.14. The molecule has 0 amide bonds. The van der Waals surface area contributed by atoms with E-state index in [1.165, 1.54) is 0 Å². The Kier molecular flexibility index (Phi) is 8.64. The van der Waals surface area contributed by atoms with E-state index >= 15 is 0 Å². The summed E-state index contributed by atoms with van der Waals surface area (Å²) in [4.78, 5) is 17.3. The van der Waals surface area contributed by atoms with Crippen LogP contribution in [0.1, 0.15) is 37.2 Å². The van der Waals surface area contributed by atoms with Crippen LogP contribution in [0.15, 0.2) is 29.3 Å². The van der Waals surface area contributed by atoms with Gasteiger partial charge in [0.05, 0.1) is 17.6 Å². The van der Waals surface area contributed by atoms with Crippen LogP contribution in [0.3, 0.4) is 0 Å². The third-order valence-corrected chi connectivity index (χ3v) is 5.14. The zero-order chi connectivity index (χ0) is 20.8. The second kappa shape index (κ2) is 11.4. The number of aromatic nitrogens is 5. The minimum Gasteiger partial charge on any atom is -0.377 e. The molecule has 3 N–H and O–H groups in total. The molecule has 1 atom stereocenters. The van der Waals surface area contributed by atoms with Crippen molar-refractivity contribution in [3.63, 3.8) is 0 Å². The Hall–Kier alpha value is -2.21. The molecule has 10 heteroatoms. The number of para-hydroxylation sites is 2. The molecule has 1 unspecified atom stereocenters. The first kappa shape index (κ1) is 23.5. The monoisotopic (exact) mass is 538 g/mol. The lowest BCUT2D eigenvalue weighted by Crippen LogP contribution is -2.47. The zero-order valence-electron chi connectivity index (χ0n) is 18.1. The molecule has 0 saturated carbocycles. The largest absolute Gasteiger partial charge is 0.377 e. The van der Waals surface area contributed by atoms with Gasteiger partial charge in [0.1, 0.15) is 18.3 Å². The van der Waals surface area contributed by atoms with Crippen molar-refractivity contribution in [2.24, 2.45) is 4.99 Å². The second-order valence-corrected chi connectivity index (χ2v) is 7.50. The van der Waals surface area contributed by atoms with Gasteiger partial charge in [0, 0.05) is 39.1 Å². The summed E-state index contributed by atoms with van der Waals surface area (Å²) in [5, 5.41) is 11.4. The highest BCUT2D eigenvalue weighted by Gasteiger charge is 2.22. The predicted molar refractivity (Wildman–Crippen MR) is 132 cm³/mol. The minimum atomic E-state index is 0. The van der Waals surface area contributed by atoms with E-state index in [4.69, 9.17) is 9.73 Å². The van der Waals surface area contributed by atoms with E-state index in [9.17, 15) is 0 Å². The lowest BCUT2D eigenvalue weighted by molar-refractivity contribution is 0.177. The molecule has 0 aliphatic carbocycles. The van der Waals surface area contributed by atoms with Gasteiger partial charge in [0.25, 0.3) is 0 Å². The molecule has 2 aromatic heterocycles. The minimum absolute atomic E-state index is 0. The zero-order valence-corrected chi connectivity index (χ0v) is 20.4. The summed E-state index contributed by atoms with van der Waals surface area (Å²) in [6.07, 6.45) is 3.73. The fourth-order valence-electron chi connectivity index (χ4n) is 3.74. The number of aliphatic imine (C=N–C) groups is 1. The number of hydrogen-bond acceptors (Lipinski definition) is 5. The average molecular weight is 538 g/mol. The van der Waals surface area contributed by atoms with Crippen molar-refractivity contribution < 1.29 is 4.74 Å². The first-order valence-corrected chi connectivity index (χ1v) is 10.6. The van der Waals surface area contributed by atoms with Crippen molar-refractivity contribution in [3.05, 3.63) is 41.7 Å². The van der Waals surface area contributed by atoms with Gasteiger partial charge >= 0.3 is 0 Å². The number of halogens is 1. The van der Waals surface area contributed by atoms with E-state index in [1.54, 1.807) is 7.11 Å². The van der Waals surface area contributed by atoms with Crippen LogP contribution in [-0.2, 0) is 30.7 Å². The Labute approximate surface area is 199 Å². The van der Waals surface area contributed by atoms with E-state index < -0.39 is 0 Å². The summed E-state index contributed by atoms with van der Waals surface area (Å²) in [5.74, 6) is 3.65. The standard InChI is InChI=1S/C21H30N8O.HI/c1-3-22-21(23-12-6-9-18-25-16-7-4-5-8-17(16)26-18)24-15-10-11-20-27-19(14-30-2)28-29(20)13-15;/h4-5,7-8,15H,3,6,9-14H2,1-2H3,(H,25,26)(H2,22,23,24);1H.